The van der Waals surface area contributed by atoms with E-state index in [-0.39, 0.29) is 13.7 Å². The van der Waals surface area contributed by atoms with Gasteiger partial charge >= 0.3 is 0 Å². The van der Waals surface area contributed by atoms with Gasteiger partial charge in [0.25, 0.3) is 0 Å². The molecule has 3 nitrogen and oxygen atoms in total. The van der Waals surface area contributed by atoms with Crippen molar-refractivity contribution in [2.24, 2.45) is 0 Å². The minimum Gasteiger partial charge on any atom is -0.399 e. The molecule has 1 aliphatic rings. The molecular weight excluding hydrogens is 176 g/mol. The molecule has 2 rings (SSSR count). The fraction of sp³-hybridized carbons (Fsp3) is 0.455. The lowest BCUT2D eigenvalue weighted by molar-refractivity contribution is 0.186. The summed E-state index contributed by atoms with van der Waals surface area (Å²) >= 11 is 0. The Morgan fingerprint density at radius 3 is 2.43 bits per heavy atom. The molecule has 0 aliphatic carbocycles. The van der Waals surface area contributed by atoms with Gasteiger partial charge in [-0.2, -0.15) is 0 Å². The maximum Gasteiger partial charge on any atom is 0.126 e. The molecule has 78 valence electrons. The van der Waals surface area contributed by atoms with Gasteiger partial charge in [-0.1, -0.05) is 7.43 Å². The van der Waals surface area contributed by atoms with Crippen molar-refractivity contribution in [3.8, 4) is 0 Å². The zero-order valence-electron chi connectivity index (χ0n) is 7.48. The second-order valence-electron chi connectivity index (χ2n) is 3.41. The summed E-state index contributed by atoms with van der Waals surface area (Å²) in [6.45, 7) is 0.936. The second kappa shape index (κ2) is 4.33. The quantitative estimate of drug-likeness (QED) is 0.670. The highest BCUT2D eigenvalue weighted by molar-refractivity contribution is 5.53. The van der Waals surface area contributed by atoms with Crippen LogP contribution in [0.4, 0.5) is 11.4 Å². The van der Waals surface area contributed by atoms with Crippen LogP contribution in [-0.2, 0) is 0 Å². The van der Waals surface area contributed by atoms with Gasteiger partial charge < -0.3 is 15.7 Å². The monoisotopic (exact) mass is 194 g/mol. The molecule has 0 aromatic heterocycles. The molecule has 1 aliphatic heterocycles. The zero-order chi connectivity index (χ0) is 9.26. The molecule has 1 aromatic carbocycles. The van der Waals surface area contributed by atoms with Gasteiger partial charge in [-0.15, -0.1) is 0 Å². The number of anilines is 2. The molecule has 1 atom stereocenters. The van der Waals surface area contributed by atoms with E-state index in [1.807, 2.05) is 29.2 Å². The fourth-order valence-electron chi connectivity index (χ4n) is 1.72. The standard InChI is InChI=1S/C10H14N2O.CH4/c11-8-3-5-9(6-4-8)12-7-1-2-10(12)13;/h3-6,10,13H,1-2,7,11H2;1H4. The predicted molar refractivity (Wildman–Crippen MR) is 60.2 cm³/mol. The number of nitrogens with two attached hydrogens (primary N) is 1. The summed E-state index contributed by atoms with van der Waals surface area (Å²) in [4.78, 5) is 2.00. The molecule has 0 amide bonds. The number of aliphatic hydroxyl groups excluding tert-OH is 1. The van der Waals surface area contributed by atoms with E-state index < -0.39 is 0 Å². The van der Waals surface area contributed by atoms with E-state index >= 15 is 0 Å². The first-order chi connectivity index (χ1) is 6.27. The number of nitrogens with zero attached hydrogens (tertiary/aromatic N) is 1. The molecule has 0 radical (unpaired) electrons. The van der Waals surface area contributed by atoms with E-state index in [4.69, 9.17) is 5.73 Å². The van der Waals surface area contributed by atoms with Crippen molar-refractivity contribution in [3.05, 3.63) is 24.3 Å². The van der Waals surface area contributed by atoms with Crippen LogP contribution >= 0.6 is 0 Å². The highest BCUT2D eigenvalue weighted by atomic mass is 16.3. The summed E-state index contributed by atoms with van der Waals surface area (Å²) in [6.07, 6.45) is 1.61. The molecule has 0 spiro atoms. The summed E-state index contributed by atoms with van der Waals surface area (Å²) in [5.41, 5.74) is 7.40. The molecule has 14 heavy (non-hydrogen) atoms. The smallest absolute Gasteiger partial charge is 0.126 e. The van der Waals surface area contributed by atoms with E-state index in [2.05, 4.69) is 0 Å². The van der Waals surface area contributed by atoms with E-state index in [0.29, 0.717) is 0 Å². The molecule has 0 bridgehead atoms. The topological polar surface area (TPSA) is 49.5 Å². The molecule has 1 aromatic rings. The third-order valence-corrected chi connectivity index (χ3v) is 2.45. The van der Waals surface area contributed by atoms with Crippen LogP contribution in [0.2, 0.25) is 0 Å². The summed E-state index contributed by atoms with van der Waals surface area (Å²) in [5, 5.41) is 9.61. The lowest BCUT2D eigenvalue weighted by Gasteiger charge is -2.22. The van der Waals surface area contributed by atoms with Crippen LogP contribution in [0.3, 0.4) is 0 Å². The zero-order valence-corrected chi connectivity index (χ0v) is 7.48. The van der Waals surface area contributed by atoms with Crippen LogP contribution in [0.25, 0.3) is 0 Å². The van der Waals surface area contributed by atoms with Crippen LogP contribution in [0.15, 0.2) is 24.3 Å². The van der Waals surface area contributed by atoms with Crippen molar-refractivity contribution in [3.63, 3.8) is 0 Å². The van der Waals surface area contributed by atoms with Gasteiger partial charge in [-0.3, -0.25) is 0 Å². The first-order valence-corrected chi connectivity index (χ1v) is 4.57. The van der Waals surface area contributed by atoms with Gasteiger partial charge in [0, 0.05) is 17.9 Å². The third kappa shape index (κ3) is 1.99. The van der Waals surface area contributed by atoms with E-state index in [1.165, 1.54) is 0 Å². The minimum absolute atomic E-state index is 0. The molecule has 0 saturated carbocycles. The summed E-state index contributed by atoms with van der Waals surface area (Å²) in [6, 6.07) is 7.62. The Morgan fingerprint density at radius 1 is 1.29 bits per heavy atom. The minimum atomic E-state index is -0.316. The average molecular weight is 194 g/mol. The number of hydrogen-bond acceptors (Lipinski definition) is 3. The van der Waals surface area contributed by atoms with Crippen molar-refractivity contribution in [2.45, 2.75) is 26.5 Å². The van der Waals surface area contributed by atoms with Crippen molar-refractivity contribution < 1.29 is 5.11 Å². The van der Waals surface area contributed by atoms with Crippen molar-refractivity contribution in [2.75, 3.05) is 17.2 Å². The number of benzene rings is 1. The van der Waals surface area contributed by atoms with Crippen LogP contribution in [-0.4, -0.2) is 17.9 Å². The molecule has 1 unspecified atom stereocenters. The average Bonchev–Trinajstić information content (AvgIpc) is 2.53. The first kappa shape index (κ1) is 10.9. The molecule has 1 saturated heterocycles. The Balaban J connectivity index is 0.000000980. The van der Waals surface area contributed by atoms with Gasteiger partial charge in [0.15, 0.2) is 0 Å². The first-order valence-electron chi connectivity index (χ1n) is 4.57. The van der Waals surface area contributed by atoms with Gasteiger partial charge in [-0.05, 0) is 37.1 Å². The maximum absolute atomic E-state index is 9.61. The molecule has 1 heterocycles. The van der Waals surface area contributed by atoms with Gasteiger partial charge in [0.05, 0.1) is 0 Å². The highest BCUT2D eigenvalue weighted by Crippen LogP contribution is 2.24. The van der Waals surface area contributed by atoms with Gasteiger partial charge in [0.2, 0.25) is 0 Å². The second-order valence-corrected chi connectivity index (χ2v) is 3.41. The number of aliphatic hydroxyl groups is 1. The summed E-state index contributed by atoms with van der Waals surface area (Å²) in [5.74, 6) is 0. The normalized spacial score (nSPS) is 20.6. The van der Waals surface area contributed by atoms with Crippen molar-refractivity contribution >= 4 is 11.4 Å². The molecule has 3 heteroatoms. The Hall–Kier alpha value is -1.22. The van der Waals surface area contributed by atoms with Gasteiger partial charge in [-0.25, -0.2) is 0 Å². The van der Waals surface area contributed by atoms with Crippen LogP contribution in [0.1, 0.15) is 20.3 Å². The Bertz CT molecular complexity index is 284. The third-order valence-electron chi connectivity index (χ3n) is 2.45. The SMILES string of the molecule is C.Nc1ccc(N2CCCC2O)cc1. The molecular formula is C11H18N2O. The van der Waals surface area contributed by atoms with Gasteiger partial charge in [0.1, 0.15) is 6.23 Å². The lowest BCUT2D eigenvalue weighted by Crippen LogP contribution is -2.28. The number of hydrogen-bond donors (Lipinski definition) is 2. The lowest BCUT2D eigenvalue weighted by atomic mass is 10.2. The predicted octanol–water partition coefficient (Wildman–Crippen LogP) is 1.82. The Kier molecular flexibility index (Phi) is 3.36. The molecule has 3 N–H and O–H groups in total. The number of nitrogen functional groups attached to an aromatic ring is 1. The van der Waals surface area contributed by atoms with E-state index in [1.54, 1.807) is 0 Å². The Morgan fingerprint density at radius 2 is 1.93 bits per heavy atom. The van der Waals surface area contributed by atoms with Crippen molar-refractivity contribution in [1.29, 1.82) is 0 Å². The van der Waals surface area contributed by atoms with E-state index in [0.717, 1.165) is 30.8 Å². The highest BCUT2D eigenvalue weighted by Gasteiger charge is 2.21. The Labute approximate surface area is 85.2 Å². The fourth-order valence-corrected chi connectivity index (χ4v) is 1.72. The molecule has 1 fully saturated rings. The van der Waals surface area contributed by atoms with Crippen molar-refractivity contribution in [1.82, 2.24) is 0 Å². The van der Waals surface area contributed by atoms with Crippen LogP contribution in [0, 0.1) is 0 Å². The largest absolute Gasteiger partial charge is 0.399 e. The van der Waals surface area contributed by atoms with Crippen LogP contribution in [0.5, 0.6) is 0 Å². The van der Waals surface area contributed by atoms with Crippen LogP contribution < -0.4 is 10.6 Å². The maximum atomic E-state index is 9.61. The summed E-state index contributed by atoms with van der Waals surface area (Å²) < 4.78 is 0. The summed E-state index contributed by atoms with van der Waals surface area (Å²) in [7, 11) is 0. The number of rotatable bonds is 1. The van der Waals surface area contributed by atoms with E-state index in [9.17, 15) is 5.11 Å².